The third-order valence-corrected chi connectivity index (χ3v) is 5.70. The molecule has 1 N–H and O–H groups in total. The van der Waals surface area contributed by atoms with E-state index in [1.165, 1.54) is 24.2 Å². The quantitative estimate of drug-likeness (QED) is 0.741. The summed E-state index contributed by atoms with van der Waals surface area (Å²) in [6.07, 6.45) is 2.55. The van der Waals surface area contributed by atoms with Crippen molar-refractivity contribution in [2.24, 2.45) is 5.92 Å². The molecule has 0 spiro atoms. The molecule has 0 bridgehead atoms. The molecule has 1 aliphatic heterocycles. The van der Waals surface area contributed by atoms with Gasteiger partial charge in [-0.25, -0.2) is 4.98 Å². The van der Waals surface area contributed by atoms with Gasteiger partial charge in [-0.2, -0.15) is 0 Å². The summed E-state index contributed by atoms with van der Waals surface area (Å²) in [5.41, 5.74) is 1.44. The number of benzene rings is 1. The Morgan fingerprint density at radius 3 is 3.17 bits per heavy atom. The monoisotopic (exact) mass is 427 g/mol. The molecule has 0 saturated carbocycles. The first-order chi connectivity index (χ1) is 11.5. The van der Waals surface area contributed by atoms with E-state index in [4.69, 9.17) is 11.6 Å². The first-order valence-electron chi connectivity index (χ1n) is 7.94. The second-order valence-electron chi connectivity index (χ2n) is 6.20. The molecule has 1 unspecified atom stereocenters. The van der Waals surface area contributed by atoms with Crippen molar-refractivity contribution in [3.8, 4) is 0 Å². The standard InChI is InChI=1S/C17H19BrClN3OS/c1-11-3-2-6-22(8-11)9-13-10-24-17(20-13)21-16(23)14-7-12(18)4-5-15(14)19/h4-5,7,10-11H,2-3,6,8-9H2,1H3,(H,20,21,23). The zero-order chi connectivity index (χ0) is 17.1. The lowest BCUT2D eigenvalue weighted by Crippen LogP contribution is -2.33. The maximum atomic E-state index is 12.4. The number of nitrogens with one attached hydrogen (secondary N) is 1. The van der Waals surface area contributed by atoms with Crippen LogP contribution in [0, 0.1) is 5.92 Å². The van der Waals surface area contributed by atoms with Crippen molar-refractivity contribution in [3.63, 3.8) is 0 Å². The van der Waals surface area contributed by atoms with E-state index in [0.717, 1.165) is 35.7 Å². The number of carbonyl (C=O) groups is 1. The van der Waals surface area contributed by atoms with Crippen molar-refractivity contribution >= 4 is 49.9 Å². The Balaban J connectivity index is 1.63. The van der Waals surface area contributed by atoms with Gasteiger partial charge in [0.15, 0.2) is 5.13 Å². The molecule has 1 aromatic carbocycles. The van der Waals surface area contributed by atoms with Crippen LogP contribution in [0.5, 0.6) is 0 Å². The first kappa shape index (κ1) is 17.9. The van der Waals surface area contributed by atoms with Crippen LogP contribution in [0.4, 0.5) is 5.13 Å². The van der Waals surface area contributed by atoms with Crippen LogP contribution in [0.15, 0.2) is 28.1 Å². The van der Waals surface area contributed by atoms with Gasteiger partial charge in [-0.1, -0.05) is 34.5 Å². The fourth-order valence-electron chi connectivity index (χ4n) is 2.93. The van der Waals surface area contributed by atoms with E-state index in [0.29, 0.717) is 15.7 Å². The summed E-state index contributed by atoms with van der Waals surface area (Å²) in [5, 5.41) is 5.88. The van der Waals surface area contributed by atoms with Crippen LogP contribution in [0.25, 0.3) is 0 Å². The molecule has 1 atom stereocenters. The highest BCUT2D eigenvalue weighted by Crippen LogP contribution is 2.24. The zero-order valence-corrected chi connectivity index (χ0v) is 16.5. The average Bonchev–Trinajstić information content (AvgIpc) is 2.96. The molecule has 1 aromatic heterocycles. The Bertz CT molecular complexity index is 736. The molecule has 1 saturated heterocycles. The van der Waals surface area contributed by atoms with Crippen molar-refractivity contribution in [2.75, 3.05) is 18.4 Å². The second kappa shape index (κ2) is 7.95. The van der Waals surface area contributed by atoms with Crippen molar-refractivity contribution in [3.05, 3.63) is 44.3 Å². The number of halogens is 2. The summed E-state index contributed by atoms with van der Waals surface area (Å²) < 4.78 is 0.816. The summed E-state index contributed by atoms with van der Waals surface area (Å²) in [4.78, 5) is 19.3. The molecule has 0 radical (unpaired) electrons. The highest BCUT2D eigenvalue weighted by molar-refractivity contribution is 9.10. The van der Waals surface area contributed by atoms with Gasteiger partial charge in [-0.3, -0.25) is 15.0 Å². The van der Waals surface area contributed by atoms with E-state index in [2.05, 4.69) is 38.1 Å². The van der Waals surface area contributed by atoms with Gasteiger partial charge in [-0.05, 0) is 43.5 Å². The minimum absolute atomic E-state index is 0.242. The van der Waals surface area contributed by atoms with Gasteiger partial charge in [0, 0.05) is 22.9 Å². The normalized spacial score (nSPS) is 18.5. The van der Waals surface area contributed by atoms with E-state index in [1.54, 1.807) is 18.2 Å². The predicted octanol–water partition coefficient (Wildman–Crippen LogP) is 5.04. The van der Waals surface area contributed by atoms with E-state index in [1.807, 2.05) is 5.38 Å². The van der Waals surface area contributed by atoms with Crippen molar-refractivity contribution in [2.45, 2.75) is 26.3 Å². The van der Waals surface area contributed by atoms with Crippen molar-refractivity contribution in [1.82, 2.24) is 9.88 Å². The summed E-state index contributed by atoms with van der Waals surface area (Å²) in [5.74, 6) is 0.504. The van der Waals surface area contributed by atoms with Gasteiger partial charge < -0.3 is 0 Å². The Kier molecular flexibility index (Phi) is 5.92. The fraction of sp³-hybridized carbons (Fsp3) is 0.412. The topological polar surface area (TPSA) is 45.2 Å². The maximum Gasteiger partial charge on any atom is 0.258 e. The van der Waals surface area contributed by atoms with Crippen LogP contribution in [0.3, 0.4) is 0 Å². The summed E-state index contributed by atoms with van der Waals surface area (Å²) in [7, 11) is 0. The number of piperidine rings is 1. The van der Waals surface area contributed by atoms with Gasteiger partial charge in [0.05, 0.1) is 16.3 Å². The van der Waals surface area contributed by atoms with Gasteiger partial charge >= 0.3 is 0 Å². The highest BCUT2D eigenvalue weighted by Gasteiger charge is 2.18. The van der Waals surface area contributed by atoms with Crippen LogP contribution in [-0.4, -0.2) is 28.9 Å². The molecule has 1 amide bonds. The average molecular weight is 429 g/mol. The summed E-state index contributed by atoms with van der Waals surface area (Å²) >= 11 is 10.9. The number of aromatic nitrogens is 1. The molecule has 1 aliphatic rings. The molecule has 128 valence electrons. The molecular formula is C17H19BrClN3OS. The zero-order valence-electron chi connectivity index (χ0n) is 13.4. The summed E-state index contributed by atoms with van der Waals surface area (Å²) in [6, 6.07) is 5.22. The van der Waals surface area contributed by atoms with E-state index in [9.17, 15) is 4.79 Å². The molecule has 2 aromatic rings. The SMILES string of the molecule is CC1CCCN(Cc2csc(NC(=O)c3cc(Br)ccc3Cl)n2)C1. The maximum absolute atomic E-state index is 12.4. The van der Waals surface area contributed by atoms with Gasteiger partial charge in [0.25, 0.3) is 5.91 Å². The van der Waals surface area contributed by atoms with E-state index in [-0.39, 0.29) is 5.91 Å². The molecule has 7 heteroatoms. The minimum atomic E-state index is -0.242. The van der Waals surface area contributed by atoms with E-state index < -0.39 is 0 Å². The third-order valence-electron chi connectivity index (χ3n) is 4.07. The molecule has 2 heterocycles. The smallest absolute Gasteiger partial charge is 0.258 e. The number of anilines is 1. The van der Waals surface area contributed by atoms with Crippen molar-refractivity contribution < 1.29 is 4.79 Å². The molecule has 0 aliphatic carbocycles. The lowest BCUT2D eigenvalue weighted by Gasteiger charge is -2.30. The number of nitrogens with zero attached hydrogens (tertiary/aromatic N) is 2. The van der Waals surface area contributed by atoms with Crippen molar-refractivity contribution in [1.29, 1.82) is 0 Å². The Morgan fingerprint density at radius 1 is 1.54 bits per heavy atom. The van der Waals surface area contributed by atoms with Crippen LogP contribution in [0.1, 0.15) is 35.8 Å². The first-order valence-corrected chi connectivity index (χ1v) is 9.99. The third kappa shape index (κ3) is 4.57. The van der Waals surface area contributed by atoms with Gasteiger partial charge in [-0.15, -0.1) is 11.3 Å². The number of likely N-dealkylation sites (tertiary alicyclic amines) is 1. The largest absolute Gasteiger partial charge is 0.298 e. The number of hydrogen-bond acceptors (Lipinski definition) is 4. The lowest BCUT2D eigenvalue weighted by molar-refractivity contribution is 0.102. The number of amides is 1. The number of carbonyl (C=O) groups excluding carboxylic acids is 1. The molecule has 1 fully saturated rings. The van der Waals surface area contributed by atoms with Crippen LogP contribution in [-0.2, 0) is 6.54 Å². The highest BCUT2D eigenvalue weighted by atomic mass is 79.9. The Morgan fingerprint density at radius 2 is 2.38 bits per heavy atom. The summed E-state index contributed by atoms with van der Waals surface area (Å²) in [6.45, 7) is 5.37. The number of rotatable bonds is 4. The number of thiazole rings is 1. The predicted molar refractivity (Wildman–Crippen MR) is 103 cm³/mol. The Labute approximate surface area is 159 Å². The molecule has 4 nitrogen and oxygen atoms in total. The van der Waals surface area contributed by atoms with Gasteiger partial charge in [0.2, 0.25) is 0 Å². The second-order valence-corrected chi connectivity index (χ2v) is 8.39. The van der Waals surface area contributed by atoms with Crippen LogP contribution < -0.4 is 5.32 Å². The van der Waals surface area contributed by atoms with Gasteiger partial charge in [0.1, 0.15) is 0 Å². The molecule has 24 heavy (non-hydrogen) atoms. The minimum Gasteiger partial charge on any atom is -0.298 e. The van der Waals surface area contributed by atoms with E-state index >= 15 is 0 Å². The van der Waals surface area contributed by atoms with Crippen LogP contribution >= 0.6 is 38.9 Å². The Hall–Kier alpha value is -0.950. The lowest BCUT2D eigenvalue weighted by atomic mass is 10.0. The molecular weight excluding hydrogens is 410 g/mol. The molecule has 3 rings (SSSR count). The van der Waals surface area contributed by atoms with Crippen LogP contribution in [0.2, 0.25) is 5.02 Å². The fourth-order valence-corrected chi connectivity index (χ4v) is 4.19. The number of hydrogen-bond donors (Lipinski definition) is 1.